The minimum atomic E-state index is -0.393. The van der Waals surface area contributed by atoms with Crippen LogP contribution in [0.1, 0.15) is 56.2 Å². The fraction of sp³-hybridized carbons (Fsp3) is 0.471. The van der Waals surface area contributed by atoms with Crippen molar-refractivity contribution in [3.63, 3.8) is 0 Å². The fourth-order valence-corrected chi connectivity index (χ4v) is 2.65. The Labute approximate surface area is 136 Å². The molecule has 0 saturated carbocycles. The second kappa shape index (κ2) is 5.92. The van der Waals surface area contributed by atoms with Crippen molar-refractivity contribution in [2.45, 2.75) is 53.0 Å². The Kier molecular flexibility index (Phi) is 4.33. The zero-order valence-corrected chi connectivity index (χ0v) is 14.4. The number of nitriles is 1. The Hall–Kier alpha value is -2.55. The number of hydrogen-bond acceptors (Lipinski definition) is 4. The Morgan fingerprint density at radius 3 is 2.57 bits per heavy atom. The fourth-order valence-electron chi connectivity index (χ4n) is 2.65. The van der Waals surface area contributed by atoms with Gasteiger partial charge in [0, 0.05) is 17.3 Å². The number of carbonyl (C=O) groups is 1. The molecular formula is C17H22N4O2. The first kappa shape index (κ1) is 16.8. The van der Waals surface area contributed by atoms with Gasteiger partial charge in [0.15, 0.2) is 0 Å². The maximum Gasteiger partial charge on any atom is 0.232 e. The smallest absolute Gasteiger partial charge is 0.232 e. The Balaban J connectivity index is 2.31. The summed E-state index contributed by atoms with van der Waals surface area (Å²) < 4.78 is 7.03. The van der Waals surface area contributed by atoms with Crippen LogP contribution in [-0.2, 0) is 10.3 Å². The molecule has 6 nitrogen and oxygen atoms in total. The third-order valence-corrected chi connectivity index (χ3v) is 3.84. The van der Waals surface area contributed by atoms with Gasteiger partial charge < -0.3 is 14.4 Å². The summed E-state index contributed by atoms with van der Waals surface area (Å²) in [5.41, 5.74) is 1.79. The molecule has 0 spiro atoms. The number of amides is 1. The number of rotatable bonds is 3. The first-order valence-electron chi connectivity index (χ1n) is 7.51. The number of anilines is 1. The van der Waals surface area contributed by atoms with Crippen molar-refractivity contribution >= 4 is 11.7 Å². The number of aromatic nitrogens is 2. The Morgan fingerprint density at radius 1 is 1.43 bits per heavy atom. The van der Waals surface area contributed by atoms with E-state index in [2.05, 4.69) is 16.5 Å². The van der Waals surface area contributed by atoms with Gasteiger partial charge in [-0.25, -0.2) is 0 Å². The van der Waals surface area contributed by atoms with E-state index in [1.54, 1.807) is 19.2 Å². The van der Waals surface area contributed by atoms with E-state index in [0.29, 0.717) is 22.8 Å². The quantitative estimate of drug-likeness (QED) is 0.940. The number of hydrogen-bond donors (Lipinski definition) is 1. The summed E-state index contributed by atoms with van der Waals surface area (Å²) in [4.78, 5) is 12.6. The second-order valence-corrected chi connectivity index (χ2v) is 6.72. The first-order chi connectivity index (χ1) is 10.6. The topological polar surface area (TPSA) is 83.8 Å². The molecule has 23 heavy (non-hydrogen) atoms. The van der Waals surface area contributed by atoms with Crippen LogP contribution >= 0.6 is 0 Å². The van der Waals surface area contributed by atoms with Gasteiger partial charge in [0.25, 0.3) is 0 Å². The summed E-state index contributed by atoms with van der Waals surface area (Å²) in [6, 6.07) is 3.79. The molecule has 2 rings (SSSR count). The van der Waals surface area contributed by atoms with Gasteiger partial charge in [-0.15, -0.1) is 0 Å². The summed E-state index contributed by atoms with van der Waals surface area (Å²) in [5, 5.41) is 15.9. The van der Waals surface area contributed by atoms with E-state index in [4.69, 9.17) is 9.78 Å². The normalized spacial score (nSPS) is 12.7. The van der Waals surface area contributed by atoms with Gasteiger partial charge >= 0.3 is 0 Å². The van der Waals surface area contributed by atoms with Crippen LogP contribution in [0.4, 0.5) is 5.82 Å². The number of nitrogens with zero attached hydrogens (tertiary/aromatic N) is 3. The van der Waals surface area contributed by atoms with Crippen molar-refractivity contribution in [1.29, 1.82) is 5.26 Å². The molecule has 0 radical (unpaired) electrons. The van der Waals surface area contributed by atoms with Crippen LogP contribution in [0.3, 0.4) is 0 Å². The minimum absolute atomic E-state index is 0.160. The highest BCUT2D eigenvalue weighted by Crippen LogP contribution is 2.27. The van der Waals surface area contributed by atoms with E-state index in [1.165, 1.54) is 0 Å². The van der Waals surface area contributed by atoms with E-state index >= 15 is 0 Å². The average molecular weight is 314 g/mol. The van der Waals surface area contributed by atoms with Crippen LogP contribution in [0.5, 0.6) is 0 Å². The highest BCUT2D eigenvalue weighted by atomic mass is 16.5. The summed E-state index contributed by atoms with van der Waals surface area (Å²) in [6.45, 7) is 11.5. The van der Waals surface area contributed by atoms with E-state index in [-0.39, 0.29) is 11.4 Å². The molecule has 0 saturated heterocycles. The van der Waals surface area contributed by atoms with Crippen molar-refractivity contribution in [3.05, 3.63) is 34.8 Å². The SMILES string of the molecule is Cc1noc(C)c1[C@H](C)C(=O)Nc1cc(C#N)cn1C(C)(C)C. The largest absolute Gasteiger partial charge is 0.361 e. The van der Waals surface area contributed by atoms with Gasteiger partial charge in [0.1, 0.15) is 17.6 Å². The molecule has 2 heterocycles. The van der Waals surface area contributed by atoms with Gasteiger partial charge in [-0.3, -0.25) is 4.79 Å². The van der Waals surface area contributed by atoms with Crippen LogP contribution in [0.2, 0.25) is 0 Å². The number of nitrogens with one attached hydrogen (secondary N) is 1. The summed E-state index contributed by atoms with van der Waals surface area (Å²) in [5.74, 6) is 0.703. The van der Waals surface area contributed by atoms with Crippen LogP contribution in [0.25, 0.3) is 0 Å². The zero-order chi connectivity index (χ0) is 17.4. The summed E-state index contributed by atoms with van der Waals surface area (Å²) >= 11 is 0. The number of carbonyl (C=O) groups excluding carboxylic acids is 1. The highest BCUT2D eigenvalue weighted by Gasteiger charge is 2.25. The molecule has 0 unspecified atom stereocenters. The van der Waals surface area contributed by atoms with Gasteiger partial charge in [0.05, 0.1) is 17.2 Å². The molecule has 122 valence electrons. The Bertz CT molecular complexity index is 752. The highest BCUT2D eigenvalue weighted by molar-refractivity contribution is 5.95. The Morgan fingerprint density at radius 2 is 2.09 bits per heavy atom. The molecule has 2 aromatic heterocycles. The van der Waals surface area contributed by atoms with E-state index < -0.39 is 5.92 Å². The van der Waals surface area contributed by atoms with Crippen molar-refractivity contribution < 1.29 is 9.32 Å². The molecule has 1 N–H and O–H groups in total. The van der Waals surface area contributed by atoms with Crippen molar-refractivity contribution in [3.8, 4) is 6.07 Å². The van der Waals surface area contributed by atoms with Crippen molar-refractivity contribution in [1.82, 2.24) is 9.72 Å². The van der Waals surface area contributed by atoms with E-state index in [0.717, 1.165) is 5.56 Å². The first-order valence-corrected chi connectivity index (χ1v) is 7.51. The summed E-state index contributed by atoms with van der Waals surface area (Å²) in [7, 11) is 0. The predicted molar refractivity (Wildman–Crippen MR) is 87.2 cm³/mol. The molecular weight excluding hydrogens is 292 g/mol. The van der Waals surface area contributed by atoms with E-state index in [1.807, 2.05) is 39.2 Å². The zero-order valence-electron chi connectivity index (χ0n) is 14.4. The third-order valence-electron chi connectivity index (χ3n) is 3.84. The lowest BCUT2D eigenvalue weighted by Crippen LogP contribution is -2.27. The molecule has 0 aliphatic rings. The lowest BCUT2D eigenvalue weighted by atomic mass is 9.99. The average Bonchev–Trinajstić information content (AvgIpc) is 3.01. The van der Waals surface area contributed by atoms with Crippen LogP contribution in [0, 0.1) is 25.2 Å². The molecule has 1 atom stereocenters. The predicted octanol–water partition coefficient (Wildman–Crippen LogP) is 3.46. The monoisotopic (exact) mass is 314 g/mol. The van der Waals surface area contributed by atoms with Crippen LogP contribution < -0.4 is 5.32 Å². The molecule has 0 aliphatic heterocycles. The second-order valence-electron chi connectivity index (χ2n) is 6.72. The standard InChI is InChI=1S/C17H22N4O2/c1-10(15-11(2)20-23-12(15)3)16(22)19-14-7-13(8-18)9-21(14)17(4,5)6/h7,9-10H,1-6H3,(H,19,22)/t10-/m0/s1. The molecule has 0 aliphatic carbocycles. The molecule has 0 fully saturated rings. The molecule has 1 amide bonds. The minimum Gasteiger partial charge on any atom is -0.361 e. The molecule has 6 heteroatoms. The maximum atomic E-state index is 12.6. The molecule has 2 aromatic rings. The number of aryl methyl sites for hydroxylation is 2. The van der Waals surface area contributed by atoms with E-state index in [9.17, 15) is 4.79 Å². The molecule has 0 aromatic carbocycles. The lowest BCUT2D eigenvalue weighted by Gasteiger charge is -2.25. The van der Waals surface area contributed by atoms with Crippen molar-refractivity contribution in [2.24, 2.45) is 0 Å². The van der Waals surface area contributed by atoms with Crippen molar-refractivity contribution in [2.75, 3.05) is 5.32 Å². The summed E-state index contributed by atoms with van der Waals surface area (Å²) in [6.07, 6.45) is 1.75. The third kappa shape index (κ3) is 3.29. The maximum absolute atomic E-state index is 12.6. The van der Waals surface area contributed by atoms with Gasteiger partial charge in [0.2, 0.25) is 5.91 Å². The lowest BCUT2D eigenvalue weighted by molar-refractivity contribution is -0.117. The van der Waals surface area contributed by atoms with Gasteiger partial charge in [-0.2, -0.15) is 5.26 Å². The van der Waals surface area contributed by atoms with Crippen LogP contribution in [-0.4, -0.2) is 15.6 Å². The van der Waals surface area contributed by atoms with Crippen LogP contribution in [0.15, 0.2) is 16.8 Å². The van der Waals surface area contributed by atoms with Gasteiger partial charge in [-0.05, 0) is 47.6 Å². The molecule has 0 bridgehead atoms. The van der Waals surface area contributed by atoms with Gasteiger partial charge in [-0.1, -0.05) is 5.16 Å².